The van der Waals surface area contributed by atoms with Gasteiger partial charge in [0.05, 0.1) is 5.69 Å². The molecular formula is C21H20ClN5O2. The fourth-order valence-electron chi connectivity index (χ4n) is 3.29. The summed E-state index contributed by atoms with van der Waals surface area (Å²) in [4.78, 5) is 34.8. The van der Waals surface area contributed by atoms with Crippen molar-refractivity contribution in [1.29, 1.82) is 0 Å². The molecule has 2 heterocycles. The topological polar surface area (TPSA) is 80.8 Å². The Labute approximate surface area is 172 Å². The van der Waals surface area contributed by atoms with E-state index in [9.17, 15) is 9.59 Å². The lowest BCUT2D eigenvalue weighted by atomic mass is 10.0. The number of halogens is 1. The van der Waals surface area contributed by atoms with Crippen LogP contribution in [0.4, 0.5) is 5.69 Å². The van der Waals surface area contributed by atoms with Crippen molar-refractivity contribution >= 4 is 45.8 Å². The number of hydrogen-bond acceptors (Lipinski definition) is 4. The molecule has 7 nitrogen and oxygen atoms in total. The highest BCUT2D eigenvalue weighted by molar-refractivity contribution is 6.39. The van der Waals surface area contributed by atoms with Crippen LogP contribution in [0.1, 0.15) is 5.56 Å². The highest BCUT2D eigenvalue weighted by Crippen LogP contribution is 2.24. The average Bonchev–Trinajstić information content (AvgIpc) is 3.12. The summed E-state index contributed by atoms with van der Waals surface area (Å²) >= 11 is 5.97. The molecule has 1 atom stereocenters. The van der Waals surface area contributed by atoms with E-state index in [1.165, 1.54) is 9.91 Å². The summed E-state index contributed by atoms with van der Waals surface area (Å²) < 4.78 is 0. The van der Waals surface area contributed by atoms with E-state index in [1.807, 2.05) is 30.5 Å². The zero-order chi connectivity index (χ0) is 20.5. The van der Waals surface area contributed by atoms with Gasteiger partial charge in [-0.3, -0.25) is 15.0 Å². The molecule has 0 aliphatic carbocycles. The average molecular weight is 410 g/mol. The molecule has 2 amide bonds. The fourth-order valence-corrected chi connectivity index (χ4v) is 3.41. The van der Waals surface area contributed by atoms with Gasteiger partial charge < -0.3 is 9.88 Å². The van der Waals surface area contributed by atoms with E-state index >= 15 is 0 Å². The third kappa shape index (κ3) is 3.69. The van der Waals surface area contributed by atoms with Gasteiger partial charge in [-0.2, -0.15) is 0 Å². The molecule has 1 aromatic heterocycles. The van der Waals surface area contributed by atoms with Gasteiger partial charge in [-0.15, -0.1) is 0 Å². The van der Waals surface area contributed by atoms with Gasteiger partial charge in [0, 0.05) is 42.6 Å². The third-order valence-corrected chi connectivity index (χ3v) is 5.04. The summed E-state index contributed by atoms with van der Waals surface area (Å²) in [6.07, 6.45) is 2.26. The molecule has 1 unspecified atom stereocenters. The number of fused-ring (bicyclic) bond motifs is 1. The normalized spacial score (nSPS) is 16.5. The van der Waals surface area contributed by atoms with Gasteiger partial charge in [0.25, 0.3) is 11.8 Å². The van der Waals surface area contributed by atoms with Crippen LogP contribution in [0.3, 0.4) is 0 Å². The number of H-pyrrole nitrogens is 1. The maximum atomic E-state index is 13.2. The Hall–Kier alpha value is -3.32. The van der Waals surface area contributed by atoms with E-state index in [4.69, 9.17) is 11.6 Å². The molecule has 2 N–H and O–H groups in total. The monoisotopic (exact) mass is 409 g/mol. The van der Waals surface area contributed by atoms with Crippen LogP contribution in [0.5, 0.6) is 0 Å². The molecule has 0 fully saturated rings. The van der Waals surface area contributed by atoms with Gasteiger partial charge >= 0.3 is 0 Å². The molecule has 1 aliphatic heterocycles. The number of carbonyl (C=O) groups is 2. The van der Waals surface area contributed by atoms with Crippen molar-refractivity contribution < 1.29 is 9.59 Å². The number of rotatable bonds is 4. The number of hydrazine groups is 1. The number of amidine groups is 1. The number of carbonyl (C=O) groups excluding carboxylic acids is 2. The quantitative estimate of drug-likeness (QED) is 0.695. The van der Waals surface area contributed by atoms with Gasteiger partial charge in [0.2, 0.25) is 5.84 Å². The SMILES string of the molecule is CN(C)C(=O)C1=NC(Cc2c[nH]c3ccccc23)C(=O)N(c2ccc(Cl)cc2)N1. The van der Waals surface area contributed by atoms with Crippen LogP contribution in [-0.2, 0) is 16.0 Å². The summed E-state index contributed by atoms with van der Waals surface area (Å²) in [6, 6.07) is 14.0. The van der Waals surface area contributed by atoms with E-state index in [0.717, 1.165) is 16.5 Å². The molecular weight excluding hydrogens is 390 g/mol. The minimum absolute atomic E-state index is 0.120. The molecule has 0 bridgehead atoms. The Kier molecular flexibility index (Phi) is 4.98. The maximum absolute atomic E-state index is 13.2. The molecule has 0 saturated heterocycles. The highest BCUT2D eigenvalue weighted by atomic mass is 35.5. The number of likely N-dealkylation sites (N-methyl/N-ethyl adjacent to an activating group) is 1. The first-order chi connectivity index (χ1) is 13.9. The summed E-state index contributed by atoms with van der Waals surface area (Å²) in [5.41, 5.74) is 5.41. The van der Waals surface area contributed by atoms with Crippen LogP contribution in [0, 0.1) is 0 Å². The molecule has 1 aliphatic rings. The predicted molar refractivity (Wildman–Crippen MR) is 114 cm³/mol. The number of hydrogen-bond donors (Lipinski definition) is 2. The Morgan fingerprint density at radius 3 is 2.62 bits per heavy atom. The number of nitrogens with one attached hydrogen (secondary N) is 2. The second-order valence-corrected chi connectivity index (χ2v) is 7.46. The van der Waals surface area contributed by atoms with Gasteiger partial charge in [0.15, 0.2) is 0 Å². The number of amides is 2. The smallest absolute Gasteiger partial charge is 0.290 e. The number of aromatic amines is 1. The third-order valence-electron chi connectivity index (χ3n) is 4.79. The fraction of sp³-hybridized carbons (Fsp3) is 0.190. The van der Waals surface area contributed by atoms with Crippen molar-refractivity contribution in [1.82, 2.24) is 15.3 Å². The van der Waals surface area contributed by atoms with E-state index < -0.39 is 6.04 Å². The molecule has 148 valence electrons. The molecule has 4 rings (SSSR count). The molecule has 0 spiro atoms. The molecule has 0 saturated carbocycles. The van der Waals surface area contributed by atoms with Crippen molar-refractivity contribution in [3.8, 4) is 0 Å². The van der Waals surface area contributed by atoms with Crippen molar-refractivity contribution in [3.05, 3.63) is 65.3 Å². The van der Waals surface area contributed by atoms with Gasteiger partial charge in [0.1, 0.15) is 6.04 Å². The Morgan fingerprint density at radius 1 is 1.17 bits per heavy atom. The largest absolute Gasteiger partial charge is 0.361 e. The standard InChI is InChI=1S/C21H20ClN5O2/c1-26(2)21(29)19-24-18(11-13-12-23-17-6-4-3-5-16(13)17)20(28)27(25-19)15-9-7-14(22)8-10-15/h3-10,12,18,23H,11H2,1-2H3,(H,24,25). The molecule has 8 heteroatoms. The summed E-state index contributed by atoms with van der Waals surface area (Å²) in [5.74, 6) is -0.428. The lowest BCUT2D eigenvalue weighted by molar-refractivity contribution is -0.122. The molecule has 2 aromatic carbocycles. The molecule has 3 aromatic rings. The summed E-state index contributed by atoms with van der Waals surface area (Å²) in [5, 5.41) is 2.96. The van der Waals surface area contributed by atoms with Crippen molar-refractivity contribution in [2.75, 3.05) is 19.1 Å². The van der Waals surface area contributed by atoms with Crippen molar-refractivity contribution in [3.63, 3.8) is 0 Å². The van der Waals surface area contributed by atoms with Gasteiger partial charge in [-0.1, -0.05) is 29.8 Å². The molecule has 29 heavy (non-hydrogen) atoms. The summed E-state index contributed by atoms with van der Waals surface area (Å²) in [6.45, 7) is 0. The van der Waals surface area contributed by atoms with Crippen molar-refractivity contribution in [2.45, 2.75) is 12.5 Å². The number of anilines is 1. The number of benzene rings is 2. The minimum Gasteiger partial charge on any atom is -0.361 e. The Morgan fingerprint density at radius 2 is 1.90 bits per heavy atom. The number of aliphatic imine (C=N–C) groups is 1. The minimum atomic E-state index is -0.731. The predicted octanol–water partition coefficient (Wildman–Crippen LogP) is 2.77. The molecule has 0 radical (unpaired) electrons. The van der Waals surface area contributed by atoms with Gasteiger partial charge in [-0.25, -0.2) is 10.0 Å². The van der Waals surface area contributed by atoms with Crippen LogP contribution in [-0.4, -0.2) is 47.7 Å². The summed E-state index contributed by atoms with van der Waals surface area (Å²) in [7, 11) is 3.29. The highest BCUT2D eigenvalue weighted by Gasteiger charge is 2.34. The second-order valence-electron chi connectivity index (χ2n) is 7.02. The number of nitrogens with zero attached hydrogens (tertiary/aromatic N) is 3. The van der Waals surface area contributed by atoms with Crippen LogP contribution in [0.25, 0.3) is 10.9 Å². The van der Waals surface area contributed by atoms with E-state index in [1.54, 1.807) is 38.4 Å². The van der Waals surface area contributed by atoms with Crippen molar-refractivity contribution in [2.24, 2.45) is 4.99 Å². The van der Waals surface area contributed by atoms with Crippen LogP contribution in [0.2, 0.25) is 5.02 Å². The zero-order valence-corrected chi connectivity index (χ0v) is 16.8. The first-order valence-electron chi connectivity index (χ1n) is 9.14. The maximum Gasteiger partial charge on any atom is 0.290 e. The van der Waals surface area contributed by atoms with Crippen LogP contribution >= 0.6 is 11.6 Å². The zero-order valence-electron chi connectivity index (χ0n) is 16.0. The first kappa shape index (κ1) is 19.0. The van der Waals surface area contributed by atoms with Gasteiger partial charge in [-0.05, 0) is 35.9 Å². The number of aromatic nitrogens is 1. The van der Waals surface area contributed by atoms with E-state index in [0.29, 0.717) is 17.1 Å². The number of para-hydroxylation sites is 1. The van der Waals surface area contributed by atoms with Crippen LogP contribution in [0.15, 0.2) is 59.7 Å². The second kappa shape index (κ2) is 7.60. The Balaban J connectivity index is 1.71. The Bertz CT molecular complexity index is 1100. The van der Waals surface area contributed by atoms with E-state index in [-0.39, 0.29) is 17.6 Å². The lowest BCUT2D eigenvalue weighted by Crippen LogP contribution is -2.58. The van der Waals surface area contributed by atoms with Crippen LogP contribution < -0.4 is 10.4 Å². The lowest BCUT2D eigenvalue weighted by Gasteiger charge is -2.32. The first-order valence-corrected chi connectivity index (χ1v) is 9.52. The van der Waals surface area contributed by atoms with E-state index in [2.05, 4.69) is 15.4 Å².